The number of piperazine rings is 1. The molecule has 1 fully saturated rings. The van der Waals surface area contributed by atoms with Gasteiger partial charge in [-0.2, -0.15) is 0 Å². The lowest BCUT2D eigenvalue weighted by molar-refractivity contribution is -0.135. The average Bonchev–Trinajstić information content (AvgIpc) is 2.72. The van der Waals surface area contributed by atoms with Crippen LogP contribution in [0.15, 0.2) is 54.6 Å². The van der Waals surface area contributed by atoms with Gasteiger partial charge in [0.15, 0.2) is 6.61 Å². The minimum atomic E-state index is -0.231. The van der Waals surface area contributed by atoms with Crippen LogP contribution in [0.1, 0.15) is 20.8 Å². The van der Waals surface area contributed by atoms with Gasteiger partial charge >= 0.3 is 0 Å². The van der Waals surface area contributed by atoms with Gasteiger partial charge in [-0.05, 0) is 44.0 Å². The highest BCUT2D eigenvalue weighted by molar-refractivity contribution is 5.79. The zero-order valence-electron chi connectivity index (χ0n) is 18.1. The number of carbonyl (C=O) groups excluding carboxylic acids is 2. The monoisotopic (exact) mass is 409 g/mol. The molecule has 1 N–H and O–H groups in total. The zero-order chi connectivity index (χ0) is 21.6. The molecule has 0 bridgehead atoms. The molecule has 0 radical (unpaired) electrons. The van der Waals surface area contributed by atoms with Crippen molar-refractivity contribution in [1.29, 1.82) is 0 Å². The quantitative estimate of drug-likeness (QED) is 0.797. The van der Waals surface area contributed by atoms with E-state index in [1.54, 1.807) is 4.90 Å². The highest BCUT2D eigenvalue weighted by Gasteiger charge is 2.23. The van der Waals surface area contributed by atoms with Crippen LogP contribution in [-0.2, 0) is 9.59 Å². The lowest BCUT2D eigenvalue weighted by Crippen LogP contribution is -2.53. The number of ether oxygens (including phenoxy) is 1. The van der Waals surface area contributed by atoms with Gasteiger partial charge in [0.1, 0.15) is 5.75 Å². The van der Waals surface area contributed by atoms with E-state index >= 15 is 0 Å². The van der Waals surface area contributed by atoms with E-state index < -0.39 is 0 Å². The molecule has 2 aromatic carbocycles. The normalized spacial score (nSPS) is 15.0. The fourth-order valence-corrected chi connectivity index (χ4v) is 3.43. The molecule has 0 unspecified atom stereocenters. The van der Waals surface area contributed by atoms with Gasteiger partial charge in [0, 0.05) is 31.7 Å². The molecule has 2 amide bonds. The minimum absolute atomic E-state index is 0.0181. The molecule has 30 heavy (non-hydrogen) atoms. The van der Waals surface area contributed by atoms with Gasteiger partial charge in [-0.3, -0.25) is 14.5 Å². The van der Waals surface area contributed by atoms with Gasteiger partial charge in [0.05, 0.1) is 6.54 Å². The maximum Gasteiger partial charge on any atom is 0.260 e. The molecule has 0 atom stereocenters. The van der Waals surface area contributed by atoms with Crippen molar-refractivity contribution in [3.05, 3.63) is 54.6 Å². The van der Waals surface area contributed by atoms with Crippen LogP contribution in [0.25, 0.3) is 11.1 Å². The molecule has 1 aliphatic rings. The summed E-state index contributed by atoms with van der Waals surface area (Å²) in [5, 5.41) is 2.97. The molecule has 1 aliphatic heterocycles. The topological polar surface area (TPSA) is 61.9 Å². The summed E-state index contributed by atoms with van der Waals surface area (Å²) in [6, 6.07) is 17.9. The first kappa shape index (κ1) is 21.8. The lowest BCUT2D eigenvalue weighted by Gasteiger charge is -2.34. The third kappa shape index (κ3) is 6.59. The molecular weight excluding hydrogens is 378 g/mol. The Bertz CT molecular complexity index is 836. The Morgan fingerprint density at radius 3 is 2.10 bits per heavy atom. The maximum atomic E-state index is 12.5. The summed E-state index contributed by atoms with van der Waals surface area (Å²) in [4.78, 5) is 28.4. The lowest BCUT2D eigenvalue weighted by atomic mass is 10.1. The van der Waals surface area contributed by atoms with Crippen molar-refractivity contribution in [3.63, 3.8) is 0 Å². The molecule has 3 rings (SSSR count). The number of benzene rings is 2. The van der Waals surface area contributed by atoms with Gasteiger partial charge in [-0.1, -0.05) is 42.5 Å². The van der Waals surface area contributed by atoms with E-state index in [1.807, 2.05) is 63.2 Å². The van der Waals surface area contributed by atoms with E-state index in [2.05, 4.69) is 22.3 Å². The highest BCUT2D eigenvalue weighted by atomic mass is 16.5. The Hall–Kier alpha value is -2.86. The van der Waals surface area contributed by atoms with Crippen molar-refractivity contribution in [1.82, 2.24) is 15.1 Å². The molecule has 2 aromatic rings. The van der Waals surface area contributed by atoms with Crippen molar-refractivity contribution in [2.75, 3.05) is 39.3 Å². The minimum Gasteiger partial charge on any atom is -0.484 e. The van der Waals surface area contributed by atoms with Crippen LogP contribution in [0, 0.1) is 0 Å². The number of rotatable bonds is 6. The third-order valence-electron chi connectivity index (χ3n) is 4.93. The van der Waals surface area contributed by atoms with Gasteiger partial charge in [-0.15, -0.1) is 0 Å². The molecule has 0 saturated carbocycles. The number of hydrogen-bond acceptors (Lipinski definition) is 4. The third-order valence-corrected chi connectivity index (χ3v) is 4.93. The second kappa shape index (κ2) is 9.76. The number of amides is 2. The largest absolute Gasteiger partial charge is 0.484 e. The smallest absolute Gasteiger partial charge is 0.260 e. The summed E-state index contributed by atoms with van der Waals surface area (Å²) in [5.41, 5.74) is 2.03. The van der Waals surface area contributed by atoms with Crippen LogP contribution in [-0.4, -0.2) is 66.5 Å². The van der Waals surface area contributed by atoms with Gasteiger partial charge in [0.25, 0.3) is 5.91 Å². The Labute approximate surface area is 178 Å². The Kier molecular flexibility index (Phi) is 7.11. The van der Waals surface area contributed by atoms with Crippen LogP contribution in [0.5, 0.6) is 5.75 Å². The first-order chi connectivity index (χ1) is 14.3. The van der Waals surface area contributed by atoms with Gasteiger partial charge in [0.2, 0.25) is 5.91 Å². The van der Waals surface area contributed by atoms with Gasteiger partial charge < -0.3 is 15.0 Å². The van der Waals surface area contributed by atoms with E-state index in [4.69, 9.17) is 4.74 Å². The number of nitrogens with one attached hydrogen (secondary N) is 1. The van der Waals surface area contributed by atoms with Crippen LogP contribution >= 0.6 is 0 Å². The van der Waals surface area contributed by atoms with E-state index in [1.165, 1.54) is 0 Å². The standard InChI is InChI=1S/C24H31N3O3/c1-24(2,3)25-22(28)17-26-13-15-27(16-14-26)23(29)18-30-21-11-9-20(10-12-21)19-7-5-4-6-8-19/h4-12H,13-18H2,1-3H3,(H,25,28). The zero-order valence-corrected chi connectivity index (χ0v) is 18.1. The average molecular weight is 410 g/mol. The first-order valence-corrected chi connectivity index (χ1v) is 10.4. The Morgan fingerprint density at radius 2 is 1.50 bits per heavy atom. The van der Waals surface area contributed by atoms with Crippen molar-refractivity contribution in [2.24, 2.45) is 0 Å². The summed E-state index contributed by atoms with van der Waals surface area (Å²) in [7, 11) is 0. The summed E-state index contributed by atoms with van der Waals surface area (Å²) in [6.45, 7) is 8.89. The molecule has 0 spiro atoms. The molecular formula is C24H31N3O3. The van der Waals surface area contributed by atoms with Gasteiger partial charge in [-0.25, -0.2) is 0 Å². The molecule has 1 heterocycles. The van der Waals surface area contributed by atoms with Crippen molar-refractivity contribution >= 4 is 11.8 Å². The maximum absolute atomic E-state index is 12.5. The molecule has 160 valence electrons. The summed E-state index contributed by atoms with van der Waals surface area (Å²) in [5.74, 6) is 0.672. The fraction of sp³-hybridized carbons (Fsp3) is 0.417. The molecule has 0 aliphatic carbocycles. The molecule has 0 aromatic heterocycles. The highest BCUT2D eigenvalue weighted by Crippen LogP contribution is 2.22. The Balaban J connectivity index is 1.41. The first-order valence-electron chi connectivity index (χ1n) is 10.4. The van der Waals surface area contributed by atoms with Crippen molar-refractivity contribution < 1.29 is 14.3 Å². The van der Waals surface area contributed by atoms with E-state index in [0.29, 0.717) is 38.5 Å². The van der Waals surface area contributed by atoms with Crippen molar-refractivity contribution in [2.45, 2.75) is 26.3 Å². The summed E-state index contributed by atoms with van der Waals surface area (Å²) < 4.78 is 5.69. The number of nitrogens with zero attached hydrogens (tertiary/aromatic N) is 2. The second-order valence-corrected chi connectivity index (χ2v) is 8.63. The van der Waals surface area contributed by atoms with Crippen LogP contribution in [0.2, 0.25) is 0 Å². The molecule has 6 heteroatoms. The van der Waals surface area contributed by atoms with Crippen LogP contribution in [0.4, 0.5) is 0 Å². The fourth-order valence-electron chi connectivity index (χ4n) is 3.43. The second-order valence-electron chi connectivity index (χ2n) is 8.63. The van der Waals surface area contributed by atoms with Crippen molar-refractivity contribution in [3.8, 4) is 16.9 Å². The van der Waals surface area contributed by atoms with Crippen LogP contribution < -0.4 is 10.1 Å². The van der Waals surface area contributed by atoms with E-state index in [9.17, 15) is 9.59 Å². The SMILES string of the molecule is CC(C)(C)NC(=O)CN1CCN(C(=O)COc2ccc(-c3ccccc3)cc2)CC1. The number of hydrogen-bond donors (Lipinski definition) is 1. The predicted octanol–water partition coefficient (Wildman–Crippen LogP) is 2.79. The van der Waals surface area contributed by atoms with Crippen LogP contribution in [0.3, 0.4) is 0 Å². The van der Waals surface area contributed by atoms with E-state index in [0.717, 1.165) is 11.1 Å². The Morgan fingerprint density at radius 1 is 0.900 bits per heavy atom. The number of carbonyl (C=O) groups is 2. The summed E-state index contributed by atoms with van der Waals surface area (Å²) >= 11 is 0. The predicted molar refractivity (Wildman–Crippen MR) is 118 cm³/mol. The molecule has 6 nitrogen and oxygen atoms in total. The summed E-state index contributed by atoms with van der Waals surface area (Å²) in [6.07, 6.45) is 0. The van der Waals surface area contributed by atoms with E-state index in [-0.39, 0.29) is 24.0 Å². The molecule has 1 saturated heterocycles.